The van der Waals surface area contributed by atoms with E-state index in [0.29, 0.717) is 5.75 Å². The fourth-order valence-electron chi connectivity index (χ4n) is 2.98. The molecule has 134 valence electrons. The zero-order valence-electron chi connectivity index (χ0n) is 15.2. The van der Waals surface area contributed by atoms with Crippen LogP contribution < -0.4 is 14.8 Å². The van der Waals surface area contributed by atoms with Crippen molar-refractivity contribution in [3.8, 4) is 11.5 Å². The van der Waals surface area contributed by atoms with Crippen LogP contribution in [0, 0.1) is 0 Å². The zero-order chi connectivity index (χ0) is 18.5. The fraction of sp³-hybridized carbons (Fsp3) is 0.227. The molecule has 4 nitrogen and oxygen atoms in total. The Morgan fingerprint density at radius 1 is 0.885 bits per heavy atom. The molecule has 4 heteroatoms. The van der Waals surface area contributed by atoms with Crippen LogP contribution in [0.4, 0.5) is 0 Å². The number of fused-ring (bicyclic) bond motifs is 1. The standard InChI is InChI=1S/C22H23NO3/c1-15(18-11-6-7-13-20(18)25-3)23-22(24)16(2)26-21-14-8-10-17-9-4-5-12-19(17)21/h4-16H,1-3H3,(H,23,24)/t15-,16-/m0/s1. The number of amides is 1. The van der Waals surface area contributed by atoms with Gasteiger partial charge in [-0.15, -0.1) is 0 Å². The molecule has 26 heavy (non-hydrogen) atoms. The third kappa shape index (κ3) is 3.80. The molecule has 3 aromatic carbocycles. The first kappa shape index (κ1) is 17.8. The quantitative estimate of drug-likeness (QED) is 0.713. The summed E-state index contributed by atoms with van der Waals surface area (Å²) in [7, 11) is 1.62. The Balaban J connectivity index is 1.71. The number of benzene rings is 3. The van der Waals surface area contributed by atoms with E-state index in [1.807, 2.05) is 73.7 Å². The van der Waals surface area contributed by atoms with Crippen LogP contribution in [-0.4, -0.2) is 19.1 Å². The summed E-state index contributed by atoms with van der Waals surface area (Å²) in [5, 5.41) is 5.07. The highest BCUT2D eigenvalue weighted by Gasteiger charge is 2.20. The van der Waals surface area contributed by atoms with Crippen LogP contribution in [0.25, 0.3) is 10.8 Å². The van der Waals surface area contributed by atoms with Gasteiger partial charge in [-0.2, -0.15) is 0 Å². The van der Waals surface area contributed by atoms with Crippen LogP contribution in [-0.2, 0) is 4.79 Å². The topological polar surface area (TPSA) is 47.6 Å². The summed E-state index contributed by atoms with van der Waals surface area (Å²) in [6.45, 7) is 3.69. The third-order valence-corrected chi connectivity index (χ3v) is 4.39. The van der Waals surface area contributed by atoms with Gasteiger partial charge in [-0.1, -0.05) is 54.6 Å². The minimum absolute atomic E-state index is 0.170. The van der Waals surface area contributed by atoms with Crippen LogP contribution >= 0.6 is 0 Å². The largest absolute Gasteiger partial charge is 0.496 e. The summed E-state index contributed by atoms with van der Waals surface area (Å²) in [4.78, 5) is 12.6. The molecule has 0 aliphatic rings. The molecule has 0 aliphatic carbocycles. The van der Waals surface area contributed by atoms with Gasteiger partial charge in [0.05, 0.1) is 13.2 Å². The summed E-state index contributed by atoms with van der Waals surface area (Å²) in [6, 6.07) is 21.3. The molecular formula is C22H23NO3. The van der Waals surface area contributed by atoms with Crippen LogP contribution in [0.3, 0.4) is 0 Å². The van der Waals surface area contributed by atoms with E-state index >= 15 is 0 Å². The lowest BCUT2D eigenvalue weighted by molar-refractivity contribution is -0.127. The summed E-state index contributed by atoms with van der Waals surface area (Å²) in [5.41, 5.74) is 0.931. The highest BCUT2D eigenvalue weighted by Crippen LogP contribution is 2.27. The predicted molar refractivity (Wildman–Crippen MR) is 104 cm³/mol. The number of hydrogen-bond donors (Lipinski definition) is 1. The summed E-state index contributed by atoms with van der Waals surface area (Å²) in [6.07, 6.45) is -0.613. The van der Waals surface area contributed by atoms with Crippen LogP contribution in [0.15, 0.2) is 66.7 Å². The van der Waals surface area contributed by atoms with Crippen molar-refractivity contribution in [2.24, 2.45) is 0 Å². The molecule has 0 spiro atoms. The molecule has 2 atom stereocenters. The molecule has 0 saturated heterocycles. The number of carbonyl (C=O) groups is 1. The highest BCUT2D eigenvalue weighted by atomic mass is 16.5. The van der Waals surface area contributed by atoms with Crippen molar-refractivity contribution in [1.29, 1.82) is 0 Å². The Hall–Kier alpha value is -3.01. The van der Waals surface area contributed by atoms with Crippen LogP contribution in [0.2, 0.25) is 0 Å². The lowest BCUT2D eigenvalue weighted by Gasteiger charge is -2.21. The first-order chi connectivity index (χ1) is 12.6. The molecule has 3 aromatic rings. The van der Waals surface area contributed by atoms with E-state index in [4.69, 9.17) is 9.47 Å². The molecule has 0 saturated carbocycles. The van der Waals surface area contributed by atoms with Gasteiger partial charge < -0.3 is 14.8 Å². The molecule has 0 heterocycles. The average molecular weight is 349 g/mol. The van der Waals surface area contributed by atoms with Crippen molar-refractivity contribution in [3.63, 3.8) is 0 Å². The van der Waals surface area contributed by atoms with Crippen LogP contribution in [0.5, 0.6) is 11.5 Å². The summed E-state index contributed by atoms with van der Waals surface area (Å²) in [5.74, 6) is 1.29. The lowest BCUT2D eigenvalue weighted by atomic mass is 10.1. The minimum Gasteiger partial charge on any atom is -0.496 e. The Morgan fingerprint density at radius 2 is 1.54 bits per heavy atom. The molecular weight excluding hydrogens is 326 g/mol. The van der Waals surface area contributed by atoms with E-state index in [-0.39, 0.29) is 11.9 Å². The zero-order valence-corrected chi connectivity index (χ0v) is 15.2. The number of nitrogens with one attached hydrogen (secondary N) is 1. The number of carbonyl (C=O) groups excluding carboxylic acids is 1. The second kappa shape index (κ2) is 7.91. The van der Waals surface area contributed by atoms with Gasteiger partial charge in [0.15, 0.2) is 6.10 Å². The third-order valence-electron chi connectivity index (χ3n) is 4.39. The van der Waals surface area contributed by atoms with Crippen molar-refractivity contribution in [2.75, 3.05) is 7.11 Å². The molecule has 0 radical (unpaired) electrons. The Kier molecular flexibility index (Phi) is 5.42. The van der Waals surface area contributed by atoms with Crippen molar-refractivity contribution in [2.45, 2.75) is 26.0 Å². The molecule has 0 unspecified atom stereocenters. The molecule has 0 aliphatic heterocycles. The van der Waals surface area contributed by atoms with E-state index in [0.717, 1.165) is 22.1 Å². The SMILES string of the molecule is COc1ccccc1[C@H](C)NC(=O)[C@H](C)Oc1cccc2ccccc12. The molecule has 3 rings (SSSR count). The van der Waals surface area contributed by atoms with E-state index in [1.54, 1.807) is 14.0 Å². The van der Waals surface area contributed by atoms with Crippen molar-refractivity contribution in [3.05, 3.63) is 72.3 Å². The molecule has 0 bridgehead atoms. The van der Waals surface area contributed by atoms with Gasteiger partial charge in [0.1, 0.15) is 11.5 Å². The molecule has 1 N–H and O–H groups in total. The van der Waals surface area contributed by atoms with Crippen molar-refractivity contribution in [1.82, 2.24) is 5.32 Å². The summed E-state index contributed by atoms with van der Waals surface area (Å²) >= 11 is 0. The Labute approximate surface area is 153 Å². The number of ether oxygens (including phenoxy) is 2. The van der Waals surface area contributed by atoms with E-state index in [1.165, 1.54) is 0 Å². The van der Waals surface area contributed by atoms with Gasteiger partial charge in [-0.3, -0.25) is 4.79 Å². The average Bonchev–Trinajstić information content (AvgIpc) is 2.68. The van der Waals surface area contributed by atoms with Crippen molar-refractivity contribution < 1.29 is 14.3 Å². The maximum absolute atomic E-state index is 12.6. The van der Waals surface area contributed by atoms with E-state index in [9.17, 15) is 4.79 Å². The number of methoxy groups -OCH3 is 1. The van der Waals surface area contributed by atoms with Gasteiger partial charge >= 0.3 is 0 Å². The first-order valence-electron chi connectivity index (χ1n) is 8.68. The van der Waals surface area contributed by atoms with Crippen molar-refractivity contribution >= 4 is 16.7 Å². The van der Waals surface area contributed by atoms with Gasteiger partial charge in [-0.05, 0) is 31.4 Å². The van der Waals surface area contributed by atoms with E-state index < -0.39 is 6.10 Å². The normalized spacial score (nSPS) is 13.0. The number of hydrogen-bond acceptors (Lipinski definition) is 3. The second-order valence-corrected chi connectivity index (χ2v) is 6.21. The lowest BCUT2D eigenvalue weighted by Crippen LogP contribution is -2.37. The first-order valence-corrected chi connectivity index (χ1v) is 8.68. The molecule has 0 aromatic heterocycles. The summed E-state index contributed by atoms with van der Waals surface area (Å²) < 4.78 is 11.3. The highest BCUT2D eigenvalue weighted by molar-refractivity contribution is 5.89. The fourth-order valence-corrected chi connectivity index (χ4v) is 2.98. The Morgan fingerprint density at radius 3 is 2.35 bits per heavy atom. The van der Waals surface area contributed by atoms with E-state index in [2.05, 4.69) is 5.32 Å². The monoisotopic (exact) mass is 349 g/mol. The molecule has 1 amide bonds. The molecule has 0 fully saturated rings. The van der Waals surface area contributed by atoms with Gasteiger partial charge in [-0.25, -0.2) is 0 Å². The maximum atomic E-state index is 12.6. The number of para-hydroxylation sites is 1. The van der Waals surface area contributed by atoms with Gasteiger partial charge in [0.2, 0.25) is 0 Å². The maximum Gasteiger partial charge on any atom is 0.261 e. The van der Waals surface area contributed by atoms with Gasteiger partial charge in [0, 0.05) is 10.9 Å². The number of rotatable bonds is 6. The predicted octanol–water partition coefficient (Wildman–Crippen LogP) is 4.49. The van der Waals surface area contributed by atoms with Gasteiger partial charge in [0.25, 0.3) is 5.91 Å². The minimum atomic E-state index is -0.613. The Bertz CT molecular complexity index is 901. The second-order valence-electron chi connectivity index (χ2n) is 6.21. The smallest absolute Gasteiger partial charge is 0.261 e. The van der Waals surface area contributed by atoms with Crippen LogP contribution in [0.1, 0.15) is 25.5 Å².